The zero-order valence-corrected chi connectivity index (χ0v) is 19.5. The molecule has 180 valence electrons. The van der Waals surface area contributed by atoms with E-state index in [0.717, 1.165) is 22.7 Å². The first kappa shape index (κ1) is 23.9. The highest BCUT2D eigenvalue weighted by atomic mass is 19.2. The number of ketones is 1. The van der Waals surface area contributed by atoms with Gasteiger partial charge >= 0.3 is 0 Å². The average molecular weight is 478 g/mol. The van der Waals surface area contributed by atoms with Crippen LogP contribution in [-0.2, 0) is 9.59 Å². The number of carbonyl (C=O) groups is 2. The van der Waals surface area contributed by atoms with Gasteiger partial charge in [-0.1, -0.05) is 12.1 Å². The Labute approximate surface area is 201 Å². The number of halogens is 2. The van der Waals surface area contributed by atoms with Crippen LogP contribution in [0.15, 0.2) is 72.3 Å². The maximum atomic E-state index is 14.1. The van der Waals surface area contributed by atoms with Gasteiger partial charge in [-0.15, -0.1) is 0 Å². The van der Waals surface area contributed by atoms with E-state index in [2.05, 4.69) is 0 Å². The Morgan fingerprint density at radius 3 is 2.20 bits per heavy atom. The first-order valence-electron chi connectivity index (χ1n) is 11.0. The lowest BCUT2D eigenvalue weighted by atomic mass is 9.95. The number of amides is 1. The Morgan fingerprint density at radius 1 is 0.971 bits per heavy atom. The van der Waals surface area contributed by atoms with Gasteiger partial charge in [-0.2, -0.15) is 0 Å². The third-order valence-electron chi connectivity index (χ3n) is 5.79. The third-order valence-corrected chi connectivity index (χ3v) is 5.79. The van der Waals surface area contributed by atoms with E-state index in [4.69, 9.17) is 4.74 Å². The van der Waals surface area contributed by atoms with Gasteiger partial charge in [0.2, 0.25) is 0 Å². The van der Waals surface area contributed by atoms with Gasteiger partial charge in [-0.05, 0) is 61.0 Å². The molecule has 1 amide bonds. The third kappa shape index (κ3) is 4.47. The van der Waals surface area contributed by atoms with Crippen LogP contribution in [0.3, 0.4) is 0 Å². The summed E-state index contributed by atoms with van der Waals surface area (Å²) in [5.41, 5.74) is 1.56. The molecule has 0 aliphatic carbocycles. The molecule has 4 rings (SSSR count). The fourth-order valence-corrected chi connectivity index (χ4v) is 4.04. The maximum Gasteiger partial charge on any atom is 0.300 e. The average Bonchev–Trinajstić information content (AvgIpc) is 3.11. The van der Waals surface area contributed by atoms with Crippen molar-refractivity contribution in [3.63, 3.8) is 0 Å². The summed E-state index contributed by atoms with van der Waals surface area (Å²) in [6.45, 7) is 2.31. The summed E-state index contributed by atoms with van der Waals surface area (Å²) in [5, 5.41) is 11.2. The van der Waals surface area contributed by atoms with Crippen molar-refractivity contribution in [3.05, 3.63) is 95.1 Å². The lowest BCUT2D eigenvalue weighted by Gasteiger charge is -2.26. The number of carbonyl (C=O) groups excluding carboxylic acids is 2. The topological polar surface area (TPSA) is 70.1 Å². The molecule has 8 heteroatoms. The van der Waals surface area contributed by atoms with Crippen molar-refractivity contribution >= 4 is 28.8 Å². The van der Waals surface area contributed by atoms with Crippen molar-refractivity contribution in [2.24, 2.45) is 0 Å². The quantitative estimate of drug-likeness (QED) is 0.305. The summed E-state index contributed by atoms with van der Waals surface area (Å²) in [5.74, 6) is -3.91. The second kappa shape index (κ2) is 9.58. The van der Waals surface area contributed by atoms with Crippen molar-refractivity contribution in [2.75, 3.05) is 30.5 Å². The smallest absolute Gasteiger partial charge is 0.300 e. The van der Waals surface area contributed by atoms with Gasteiger partial charge < -0.3 is 14.7 Å². The Kier molecular flexibility index (Phi) is 6.55. The number of hydrogen-bond donors (Lipinski definition) is 1. The molecule has 1 saturated heterocycles. The molecule has 0 radical (unpaired) electrons. The Morgan fingerprint density at radius 2 is 1.63 bits per heavy atom. The largest absolute Gasteiger partial charge is 0.507 e. The van der Waals surface area contributed by atoms with E-state index in [1.165, 1.54) is 6.07 Å². The van der Waals surface area contributed by atoms with E-state index in [0.29, 0.717) is 23.5 Å². The number of rotatable bonds is 6. The van der Waals surface area contributed by atoms with E-state index in [1.54, 1.807) is 48.5 Å². The van der Waals surface area contributed by atoms with Crippen LogP contribution in [0.4, 0.5) is 20.2 Å². The molecule has 35 heavy (non-hydrogen) atoms. The summed E-state index contributed by atoms with van der Waals surface area (Å²) in [7, 11) is 3.74. The van der Waals surface area contributed by atoms with Gasteiger partial charge in [0.05, 0.1) is 18.2 Å². The predicted octanol–water partition coefficient (Wildman–Crippen LogP) is 5.06. The van der Waals surface area contributed by atoms with Crippen molar-refractivity contribution in [2.45, 2.75) is 13.0 Å². The summed E-state index contributed by atoms with van der Waals surface area (Å²) in [4.78, 5) is 29.3. The molecule has 0 spiro atoms. The van der Waals surface area contributed by atoms with Gasteiger partial charge in [0, 0.05) is 37.1 Å². The van der Waals surface area contributed by atoms with Gasteiger partial charge in [-0.3, -0.25) is 14.5 Å². The standard InChI is InChI=1S/C27H24F2N2O4/c1-4-35-20-12-7-17(8-13-20)25(32)23-24(16-5-9-18(10-6-16)30(2)3)31(27(34)26(23)33)19-11-14-21(28)22(29)15-19/h5-15,24,32H,4H2,1-3H3/b25-23+. The summed E-state index contributed by atoms with van der Waals surface area (Å²) >= 11 is 0. The van der Waals surface area contributed by atoms with Gasteiger partial charge in [0.25, 0.3) is 11.7 Å². The van der Waals surface area contributed by atoms with Crippen molar-refractivity contribution in [3.8, 4) is 5.75 Å². The molecule has 0 aromatic heterocycles. The number of nitrogens with zero attached hydrogens (tertiary/aromatic N) is 2. The van der Waals surface area contributed by atoms with Crippen molar-refractivity contribution in [1.82, 2.24) is 0 Å². The minimum absolute atomic E-state index is 0.00145. The highest BCUT2D eigenvalue weighted by Gasteiger charge is 2.47. The van der Waals surface area contributed by atoms with Crippen LogP contribution in [0.2, 0.25) is 0 Å². The van der Waals surface area contributed by atoms with Crippen LogP contribution < -0.4 is 14.5 Å². The van der Waals surface area contributed by atoms with E-state index in [-0.39, 0.29) is 17.0 Å². The fourth-order valence-electron chi connectivity index (χ4n) is 4.04. The summed E-state index contributed by atoms with van der Waals surface area (Å²) in [6, 6.07) is 15.4. The highest BCUT2D eigenvalue weighted by Crippen LogP contribution is 2.42. The fraction of sp³-hybridized carbons (Fsp3) is 0.185. The number of benzene rings is 3. The van der Waals surface area contributed by atoms with E-state index in [1.807, 2.05) is 25.9 Å². The maximum absolute atomic E-state index is 14.1. The molecule has 1 unspecified atom stereocenters. The van der Waals surface area contributed by atoms with E-state index < -0.39 is 29.4 Å². The number of aliphatic hydroxyl groups is 1. The second-order valence-corrected chi connectivity index (χ2v) is 8.21. The SMILES string of the molecule is CCOc1ccc(/C(O)=C2\C(=O)C(=O)N(c3ccc(F)c(F)c3)C2c2ccc(N(C)C)cc2)cc1. The van der Waals surface area contributed by atoms with E-state index in [9.17, 15) is 23.5 Å². The van der Waals surface area contributed by atoms with Crippen LogP contribution >= 0.6 is 0 Å². The number of ether oxygens (including phenoxy) is 1. The molecule has 1 fully saturated rings. The lowest BCUT2D eigenvalue weighted by molar-refractivity contribution is -0.132. The summed E-state index contributed by atoms with van der Waals surface area (Å²) in [6.07, 6.45) is 0. The number of Topliss-reactive ketones (excluding diaryl/α,β-unsaturated/α-hetero) is 1. The zero-order valence-electron chi connectivity index (χ0n) is 19.5. The van der Waals surface area contributed by atoms with Crippen molar-refractivity contribution in [1.29, 1.82) is 0 Å². The van der Waals surface area contributed by atoms with Crippen LogP contribution in [-0.4, -0.2) is 37.5 Å². The second-order valence-electron chi connectivity index (χ2n) is 8.21. The predicted molar refractivity (Wildman–Crippen MR) is 130 cm³/mol. The lowest BCUT2D eigenvalue weighted by Crippen LogP contribution is -2.29. The molecule has 6 nitrogen and oxygen atoms in total. The van der Waals surface area contributed by atoms with Crippen LogP contribution in [0.5, 0.6) is 5.75 Å². The van der Waals surface area contributed by atoms with Gasteiger partial charge in [-0.25, -0.2) is 8.78 Å². The van der Waals surface area contributed by atoms with Gasteiger partial charge in [0.1, 0.15) is 11.5 Å². The first-order chi connectivity index (χ1) is 16.7. The van der Waals surface area contributed by atoms with Crippen LogP contribution in [0.25, 0.3) is 5.76 Å². The van der Waals surface area contributed by atoms with Crippen LogP contribution in [0, 0.1) is 11.6 Å². The molecule has 0 bridgehead atoms. The number of hydrogen-bond acceptors (Lipinski definition) is 5. The molecule has 1 aliphatic rings. The monoisotopic (exact) mass is 478 g/mol. The molecule has 1 heterocycles. The first-order valence-corrected chi connectivity index (χ1v) is 11.0. The van der Waals surface area contributed by atoms with Gasteiger partial charge in [0.15, 0.2) is 11.6 Å². The summed E-state index contributed by atoms with van der Waals surface area (Å²) < 4.78 is 33.1. The molecule has 1 aliphatic heterocycles. The molecule has 1 atom stereocenters. The molecular formula is C27H24F2N2O4. The molecule has 1 N–H and O–H groups in total. The van der Waals surface area contributed by atoms with E-state index >= 15 is 0 Å². The zero-order chi connectivity index (χ0) is 25.3. The highest BCUT2D eigenvalue weighted by molar-refractivity contribution is 6.51. The Bertz CT molecular complexity index is 1300. The van der Waals surface area contributed by atoms with Crippen molar-refractivity contribution < 1.29 is 28.2 Å². The number of aliphatic hydroxyl groups excluding tert-OH is 1. The molecule has 3 aromatic carbocycles. The minimum atomic E-state index is -1.15. The normalized spacial score (nSPS) is 17.1. The number of anilines is 2. The molecular weight excluding hydrogens is 454 g/mol. The molecule has 0 saturated carbocycles. The minimum Gasteiger partial charge on any atom is -0.507 e. The Hall–Kier alpha value is -4.20. The Balaban J connectivity index is 1.89. The van der Waals surface area contributed by atoms with Crippen LogP contribution in [0.1, 0.15) is 24.1 Å². The molecule has 3 aromatic rings.